The van der Waals surface area contributed by atoms with Gasteiger partial charge in [-0.05, 0) is 48.5 Å². The number of nitrogens with two attached hydrogens (primary N) is 1. The van der Waals surface area contributed by atoms with Gasteiger partial charge < -0.3 is 11.1 Å². The smallest absolute Gasteiger partial charge is 0.224 e. The lowest BCUT2D eigenvalue weighted by Gasteiger charge is -2.07. The van der Waals surface area contributed by atoms with Crippen molar-refractivity contribution in [3.63, 3.8) is 0 Å². The number of nitrogen functional groups attached to an aromatic ring is 1. The Morgan fingerprint density at radius 1 is 0.893 bits per heavy atom. The standard InChI is InChI=1S/C12H11ClN2O.C9H7ClN2/c1-2-12(16)15-10-5-3-4-9-8(10)6-7-11(13)14-9;10-9-5-4-6-7(11)2-1-3-8(6)12-9/h3-7H,2H2,1H3,(H,15,16);1-5H,11H2. The molecule has 0 unspecified atom stereocenters. The number of halogens is 2. The van der Waals surface area contributed by atoms with Crippen LogP contribution in [0.4, 0.5) is 11.4 Å². The van der Waals surface area contributed by atoms with Crippen LogP contribution in [0.2, 0.25) is 10.3 Å². The van der Waals surface area contributed by atoms with Crippen LogP contribution in [0.15, 0.2) is 60.7 Å². The molecular formula is C21H18Cl2N4O. The molecule has 0 spiro atoms. The van der Waals surface area contributed by atoms with Gasteiger partial charge in [0.05, 0.1) is 16.7 Å². The summed E-state index contributed by atoms with van der Waals surface area (Å²) in [4.78, 5) is 19.6. The van der Waals surface area contributed by atoms with E-state index in [1.807, 2.05) is 55.5 Å². The highest BCUT2D eigenvalue weighted by molar-refractivity contribution is 6.30. The van der Waals surface area contributed by atoms with E-state index in [4.69, 9.17) is 28.9 Å². The van der Waals surface area contributed by atoms with Gasteiger partial charge >= 0.3 is 0 Å². The van der Waals surface area contributed by atoms with Crippen molar-refractivity contribution in [3.05, 3.63) is 71.0 Å². The Hall–Kier alpha value is -2.89. The first-order valence-electron chi connectivity index (χ1n) is 8.64. The molecule has 28 heavy (non-hydrogen) atoms. The number of anilines is 2. The number of nitrogens with zero attached hydrogens (tertiary/aromatic N) is 2. The van der Waals surface area contributed by atoms with E-state index in [9.17, 15) is 4.79 Å². The number of amides is 1. The van der Waals surface area contributed by atoms with E-state index in [1.165, 1.54) is 0 Å². The second kappa shape index (κ2) is 8.87. The largest absolute Gasteiger partial charge is 0.398 e. The average Bonchev–Trinajstić information content (AvgIpc) is 2.68. The fourth-order valence-electron chi connectivity index (χ4n) is 2.63. The number of hydrogen-bond donors (Lipinski definition) is 2. The minimum Gasteiger partial charge on any atom is -0.398 e. The third-order valence-corrected chi connectivity index (χ3v) is 4.45. The van der Waals surface area contributed by atoms with Crippen molar-refractivity contribution in [2.24, 2.45) is 0 Å². The maximum absolute atomic E-state index is 11.3. The summed E-state index contributed by atoms with van der Waals surface area (Å²) >= 11 is 11.5. The van der Waals surface area contributed by atoms with E-state index >= 15 is 0 Å². The molecule has 7 heteroatoms. The zero-order chi connectivity index (χ0) is 20.1. The zero-order valence-corrected chi connectivity index (χ0v) is 16.6. The highest BCUT2D eigenvalue weighted by Gasteiger charge is 2.05. The lowest BCUT2D eigenvalue weighted by molar-refractivity contribution is -0.115. The lowest BCUT2D eigenvalue weighted by Crippen LogP contribution is -2.09. The molecule has 4 aromatic rings. The van der Waals surface area contributed by atoms with Crippen LogP contribution in [0.5, 0.6) is 0 Å². The first-order valence-corrected chi connectivity index (χ1v) is 9.39. The van der Waals surface area contributed by atoms with Crippen LogP contribution in [0, 0.1) is 0 Å². The molecule has 0 fully saturated rings. The number of carbonyl (C=O) groups is 1. The number of hydrogen-bond acceptors (Lipinski definition) is 4. The highest BCUT2D eigenvalue weighted by atomic mass is 35.5. The van der Waals surface area contributed by atoms with Crippen LogP contribution in [-0.2, 0) is 4.79 Å². The molecule has 0 aliphatic rings. The predicted octanol–water partition coefficient (Wildman–Crippen LogP) is 5.71. The number of fused-ring (bicyclic) bond motifs is 2. The Morgan fingerprint density at radius 2 is 1.46 bits per heavy atom. The normalized spacial score (nSPS) is 10.4. The Kier molecular flexibility index (Phi) is 6.29. The molecule has 2 heterocycles. The van der Waals surface area contributed by atoms with Crippen molar-refractivity contribution in [2.75, 3.05) is 11.1 Å². The van der Waals surface area contributed by atoms with E-state index in [0.717, 1.165) is 33.2 Å². The maximum atomic E-state index is 11.3. The average molecular weight is 413 g/mol. The monoisotopic (exact) mass is 412 g/mol. The van der Waals surface area contributed by atoms with Crippen LogP contribution >= 0.6 is 23.2 Å². The van der Waals surface area contributed by atoms with Crippen molar-refractivity contribution in [1.82, 2.24) is 9.97 Å². The summed E-state index contributed by atoms with van der Waals surface area (Å²) in [6, 6.07) is 18.3. The SMILES string of the molecule is CCC(=O)Nc1cccc2nc(Cl)ccc12.Nc1cccc2nc(Cl)ccc12. The van der Waals surface area contributed by atoms with Crippen molar-refractivity contribution in [1.29, 1.82) is 0 Å². The predicted molar refractivity (Wildman–Crippen MR) is 117 cm³/mol. The second-order valence-electron chi connectivity index (χ2n) is 5.96. The molecule has 0 radical (unpaired) electrons. The van der Waals surface area contributed by atoms with Crippen molar-refractivity contribution in [3.8, 4) is 0 Å². The van der Waals surface area contributed by atoms with E-state index in [2.05, 4.69) is 15.3 Å². The second-order valence-corrected chi connectivity index (χ2v) is 6.73. The molecular weight excluding hydrogens is 395 g/mol. The summed E-state index contributed by atoms with van der Waals surface area (Å²) < 4.78 is 0. The summed E-state index contributed by atoms with van der Waals surface area (Å²) in [5.41, 5.74) is 8.84. The molecule has 0 atom stereocenters. The molecule has 0 saturated heterocycles. The van der Waals surface area contributed by atoms with E-state index in [1.54, 1.807) is 12.1 Å². The Morgan fingerprint density at radius 3 is 2.11 bits per heavy atom. The lowest BCUT2D eigenvalue weighted by atomic mass is 10.2. The van der Waals surface area contributed by atoms with Crippen LogP contribution in [-0.4, -0.2) is 15.9 Å². The summed E-state index contributed by atoms with van der Waals surface area (Å²) in [6.07, 6.45) is 0.456. The molecule has 0 aliphatic heterocycles. The molecule has 0 saturated carbocycles. The van der Waals surface area contributed by atoms with E-state index in [0.29, 0.717) is 16.7 Å². The minimum atomic E-state index is -0.0116. The van der Waals surface area contributed by atoms with Crippen molar-refractivity contribution >= 4 is 62.3 Å². The highest BCUT2D eigenvalue weighted by Crippen LogP contribution is 2.23. The third-order valence-electron chi connectivity index (χ3n) is 4.02. The van der Waals surface area contributed by atoms with Gasteiger partial charge in [-0.2, -0.15) is 0 Å². The fraction of sp³-hybridized carbons (Fsp3) is 0.0952. The quantitative estimate of drug-likeness (QED) is 0.326. The summed E-state index contributed by atoms with van der Waals surface area (Å²) in [7, 11) is 0. The summed E-state index contributed by atoms with van der Waals surface area (Å²) in [5.74, 6) is -0.0116. The summed E-state index contributed by atoms with van der Waals surface area (Å²) in [6.45, 7) is 1.82. The fourth-order valence-corrected chi connectivity index (χ4v) is 2.94. The molecule has 0 bridgehead atoms. The van der Waals surface area contributed by atoms with Crippen LogP contribution in [0.1, 0.15) is 13.3 Å². The van der Waals surface area contributed by atoms with Gasteiger partial charge in [-0.25, -0.2) is 9.97 Å². The summed E-state index contributed by atoms with van der Waals surface area (Å²) in [5, 5.41) is 5.62. The molecule has 2 aromatic heterocycles. The van der Waals surface area contributed by atoms with Gasteiger partial charge in [-0.3, -0.25) is 4.79 Å². The molecule has 3 N–H and O–H groups in total. The molecule has 1 amide bonds. The first kappa shape index (κ1) is 19.9. The van der Waals surface area contributed by atoms with Gasteiger partial charge in [-0.1, -0.05) is 42.3 Å². The Balaban J connectivity index is 0.000000167. The van der Waals surface area contributed by atoms with E-state index in [-0.39, 0.29) is 5.91 Å². The molecule has 0 aliphatic carbocycles. The van der Waals surface area contributed by atoms with Crippen LogP contribution in [0.3, 0.4) is 0 Å². The Bertz CT molecular complexity index is 1150. The molecule has 4 rings (SSSR count). The van der Waals surface area contributed by atoms with Crippen LogP contribution in [0.25, 0.3) is 21.8 Å². The maximum Gasteiger partial charge on any atom is 0.224 e. The van der Waals surface area contributed by atoms with Crippen molar-refractivity contribution in [2.45, 2.75) is 13.3 Å². The van der Waals surface area contributed by atoms with Gasteiger partial charge in [-0.15, -0.1) is 0 Å². The molecule has 2 aromatic carbocycles. The number of nitrogens with one attached hydrogen (secondary N) is 1. The van der Waals surface area contributed by atoms with Gasteiger partial charge in [0.1, 0.15) is 10.3 Å². The van der Waals surface area contributed by atoms with Crippen molar-refractivity contribution < 1.29 is 4.79 Å². The number of pyridine rings is 2. The number of carbonyl (C=O) groups excluding carboxylic acids is 1. The Labute approximate surface area is 172 Å². The molecule has 142 valence electrons. The van der Waals surface area contributed by atoms with E-state index < -0.39 is 0 Å². The van der Waals surface area contributed by atoms with Crippen LogP contribution < -0.4 is 11.1 Å². The van der Waals surface area contributed by atoms with Gasteiger partial charge in [0, 0.05) is 22.9 Å². The van der Waals surface area contributed by atoms with Gasteiger partial charge in [0.25, 0.3) is 0 Å². The zero-order valence-electron chi connectivity index (χ0n) is 15.1. The van der Waals surface area contributed by atoms with Gasteiger partial charge in [0.15, 0.2) is 0 Å². The minimum absolute atomic E-state index is 0.0116. The number of benzene rings is 2. The third kappa shape index (κ3) is 4.68. The molecule has 5 nitrogen and oxygen atoms in total. The number of aromatic nitrogens is 2. The first-order chi connectivity index (χ1) is 13.5. The number of rotatable bonds is 2. The topological polar surface area (TPSA) is 80.9 Å². The van der Waals surface area contributed by atoms with Gasteiger partial charge in [0.2, 0.25) is 5.91 Å².